The van der Waals surface area contributed by atoms with E-state index in [4.69, 9.17) is 14.7 Å². The van der Waals surface area contributed by atoms with Gasteiger partial charge in [-0.15, -0.1) is 0 Å². The van der Waals surface area contributed by atoms with Crippen molar-refractivity contribution in [3.63, 3.8) is 0 Å². The van der Waals surface area contributed by atoms with Crippen LogP contribution in [0.2, 0.25) is 0 Å². The minimum Gasteiger partial charge on any atom is -0.487 e. The van der Waals surface area contributed by atoms with Gasteiger partial charge in [0.2, 0.25) is 0 Å². The lowest BCUT2D eigenvalue weighted by molar-refractivity contribution is -0.136. The summed E-state index contributed by atoms with van der Waals surface area (Å²) in [7, 11) is 0. The molecule has 2 aromatic carbocycles. The first-order chi connectivity index (χ1) is 15.1. The fourth-order valence-electron chi connectivity index (χ4n) is 2.97. The maximum absolute atomic E-state index is 14.2. The molecule has 6 nitrogen and oxygen atoms in total. The lowest BCUT2D eigenvalue weighted by atomic mass is 10.0. The molecule has 7 heteroatoms. The summed E-state index contributed by atoms with van der Waals surface area (Å²) in [6.07, 6.45) is 2.03. The van der Waals surface area contributed by atoms with E-state index >= 15 is 0 Å². The molecule has 0 fully saturated rings. The van der Waals surface area contributed by atoms with E-state index in [0.29, 0.717) is 6.42 Å². The van der Waals surface area contributed by atoms with Crippen LogP contribution >= 0.6 is 0 Å². The van der Waals surface area contributed by atoms with E-state index in [-0.39, 0.29) is 24.5 Å². The van der Waals surface area contributed by atoms with Gasteiger partial charge in [0.05, 0.1) is 17.8 Å². The molecule has 1 aromatic heterocycles. The number of carbonyl (C=O) groups is 1. The van der Waals surface area contributed by atoms with Crippen LogP contribution in [0.3, 0.4) is 0 Å². The Hall–Kier alpha value is -3.74. The molecule has 160 valence electrons. The van der Waals surface area contributed by atoms with Crippen LogP contribution in [0, 0.1) is 5.82 Å². The highest BCUT2D eigenvalue weighted by atomic mass is 19.1. The zero-order valence-corrected chi connectivity index (χ0v) is 17.1. The Balaban J connectivity index is 1.55. The second-order valence-corrected chi connectivity index (χ2v) is 6.67. The number of oxime groups is 1. The molecule has 0 bridgehead atoms. The van der Waals surface area contributed by atoms with Crippen molar-refractivity contribution in [2.45, 2.75) is 19.8 Å². The Bertz CT molecular complexity index is 1040. The van der Waals surface area contributed by atoms with Crippen molar-refractivity contribution in [3.8, 4) is 17.0 Å². The van der Waals surface area contributed by atoms with Gasteiger partial charge < -0.3 is 14.7 Å². The highest BCUT2D eigenvalue weighted by Crippen LogP contribution is 2.21. The molecule has 31 heavy (non-hydrogen) atoms. The molecule has 0 saturated carbocycles. The van der Waals surface area contributed by atoms with Gasteiger partial charge in [-0.3, -0.25) is 9.78 Å². The van der Waals surface area contributed by atoms with E-state index in [2.05, 4.69) is 10.1 Å². The van der Waals surface area contributed by atoms with E-state index in [1.54, 1.807) is 12.3 Å². The smallest absolute Gasteiger partial charge is 0.307 e. The van der Waals surface area contributed by atoms with Crippen LogP contribution in [-0.4, -0.2) is 35.0 Å². The zero-order valence-electron chi connectivity index (χ0n) is 17.1. The molecular weight excluding hydrogens is 399 g/mol. The van der Waals surface area contributed by atoms with Crippen LogP contribution < -0.4 is 4.74 Å². The molecule has 1 N–H and O–H groups in total. The number of halogens is 1. The maximum atomic E-state index is 14.2. The third-order valence-electron chi connectivity index (χ3n) is 4.51. The normalized spacial score (nSPS) is 11.2. The van der Waals surface area contributed by atoms with Gasteiger partial charge in [0, 0.05) is 17.3 Å². The minimum absolute atomic E-state index is 0.00726. The Labute approximate surface area is 180 Å². The number of aliphatic carboxylic acids is 1. The number of hydrogen-bond donors (Lipinski definition) is 1. The van der Waals surface area contributed by atoms with Crippen LogP contribution in [0.4, 0.5) is 4.39 Å². The topological polar surface area (TPSA) is 81.0 Å². The summed E-state index contributed by atoms with van der Waals surface area (Å²) in [4.78, 5) is 20.5. The van der Waals surface area contributed by atoms with Gasteiger partial charge in [0.15, 0.2) is 18.2 Å². The first-order valence-electron chi connectivity index (χ1n) is 9.91. The summed E-state index contributed by atoms with van der Waals surface area (Å²) < 4.78 is 19.6. The lowest BCUT2D eigenvalue weighted by Gasteiger charge is -2.09. The molecule has 0 aliphatic carbocycles. The van der Waals surface area contributed by atoms with Gasteiger partial charge in [-0.05, 0) is 30.2 Å². The molecule has 0 amide bonds. The Morgan fingerprint density at radius 1 is 1.06 bits per heavy atom. The average Bonchev–Trinajstić information content (AvgIpc) is 2.79. The number of pyridine rings is 1. The molecule has 0 saturated heterocycles. The van der Waals surface area contributed by atoms with Gasteiger partial charge >= 0.3 is 5.97 Å². The SMILES string of the molecule is CC/C(=N\OCCOc1cccc(CC(=O)O)c1F)c1ccc(-c2ccccn2)cc1. The molecule has 3 aromatic rings. The predicted molar refractivity (Wildman–Crippen MR) is 116 cm³/mol. The number of rotatable bonds is 10. The number of aromatic nitrogens is 1. The molecule has 0 radical (unpaired) electrons. The molecule has 0 aliphatic rings. The number of benzene rings is 2. The Morgan fingerprint density at radius 3 is 2.55 bits per heavy atom. The molecule has 1 heterocycles. The summed E-state index contributed by atoms with van der Waals surface area (Å²) >= 11 is 0. The third-order valence-corrected chi connectivity index (χ3v) is 4.51. The second-order valence-electron chi connectivity index (χ2n) is 6.67. The van der Waals surface area contributed by atoms with E-state index in [9.17, 15) is 9.18 Å². The standard InChI is InChI=1S/C24H23FN2O4/c1-2-20(17-9-11-18(12-10-17)21-7-3-4-13-26-21)27-31-15-14-30-22-8-5-6-19(24(22)25)16-23(28)29/h3-13H,2,14-16H2,1H3,(H,28,29)/b27-20+. The zero-order chi connectivity index (χ0) is 22.1. The highest BCUT2D eigenvalue weighted by molar-refractivity contribution is 6.00. The summed E-state index contributed by atoms with van der Waals surface area (Å²) in [5, 5.41) is 13.0. The maximum Gasteiger partial charge on any atom is 0.307 e. The van der Waals surface area contributed by atoms with Crippen LogP contribution in [0.1, 0.15) is 24.5 Å². The average molecular weight is 422 g/mol. The molecule has 3 rings (SSSR count). The van der Waals surface area contributed by atoms with E-state index in [1.165, 1.54) is 12.1 Å². The monoisotopic (exact) mass is 422 g/mol. The minimum atomic E-state index is -1.10. The molecule has 0 atom stereocenters. The lowest BCUT2D eigenvalue weighted by Crippen LogP contribution is -2.09. The third kappa shape index (κ3) is 6.12. The Kier molecular flexibility index (Phi) is 7.70. The first-order valence-corrected chi connectivity index (χ1v) is 9.91. The Morgan fingerprint density at radius 2 is 1.87 bits per heavy atom. The summed E-state index contributed by atoms with van der Waals surface area (Å²) in [5.74, 6) is -1.78. The van der Waals surface area contributed by atoms with Crippen LogP contribution in [0.15, 0.2) is 72.0 Å². The van der Waals surface area contributed by atoms with Gasteiger partial charge in [-0.25, -0.2) is 4.39 Å². The van der Waals surface area contributed by atoms with Crippen LogP contribution in [0.5, 0.6) is 5.75 Å². The van der Waals surface area contributed by atoms with Gasteiger partial charge in [-0.2, -0.15) is 0 Å². The van der Waals surface area contributed by atoms with Gasteiger partial charge in [0.1, 0.15) is 6.61 Å². The number of carboxylic acids is 1. The van der Waals surface area contributed by atoms with Crippen molar-refractivity contribution in [1.29, 1.82) is 0 Å². The molecule has 0 aliphatic heterocycles. The quantitative estimate of drug-likeness (QED) is 0.290. The van der Waals surface area contributed by atoms with Gasteiger partial charge in [0.25, 0.3) is 0 Å². The number of carboxylic acid groups (broad SMARTS) is 1. The number of nitrogens with zero attached hydrogens (tertiary/aromatic N) is 2. The fraction of sp³-hybridized carbons (Fsp3) is 0.208. The largest absolute Gasteiger partial charge is 0.487 e. The number of hydrogen-bond acceptors (Lipinski definition) is 5. The van der Waals surface area contributed by atoms with E-state index in [0.717, 1.165) is 22.5 Å². The van der Waals surface area contributed by atoms with Crippen molar-refractivity contribution in [2.75, 3.05) is 13.2 Å². The van der Waals surface area contributed by atoms with Crippen LogP contribution in [0.25, 0.3) is 11.3 Å². The van der Waals surface area contributed by atoms with Crippen molar-refractivity contribution in [1.82, 2.24) is 4.98 Å². The summed E-state index contributed by atoms with van der Waals surface area (Å²) in [6.45, 7) is 2.18. The van der Waals surface area contributed by atoms with Crippen molar-refractivity contribution in [2.24, 2.45) is 5.16 Å². The predicted octanol–water partition coefficient (Wildman–Crippen LogP) is 4.72. The van der Waals surface area contributed by atoms with Crippen molar-refractivity contribution in [3.05, 3.63) is 83.8 Å². The highest BCUT2D eigenvalue weighted by Gasteiger charge is 2.12. The first kappa shape index (κ1) is 22.0. The van der Waals surface area contributed by atoms with Crippen molar-refractivity contribution < 1.29 is 23.9 Å². The van der Waals surface area contributed by atoms with Crippen LogP contribution in [-0.2, 0) is 16.1 Å². The summed E-state index contributed by atoms with van der Waals surface area (Å²) in [6, 6.07) is 18.1. The van der Waals surface area contributed by atoms with Crippen molar-refractivity contribution >= 4 is 11.7 Å². The van der Waals surface area contributed by atoms with Gasteiger partial charge in [-0.1, -0.05) is 54.5 Å². The molecule has 0 unspecified atom stereocenters. The van der Waals surface area contributed by atoms with E-state index in [1.807, 2.05) is 49.4 Å². The molecule has 0 spiro atoms. The fourth-order valence-corrected chi connectivity index (χ4v) is 2.97. The molecular formula is C24H23FN2O4. The second kappa shape index (κ2) is 10.9. The summed E-state index contributed by atoms with van der Waals surface area (Å²) in [5.41, 5.74) is 3.71. The van der Waals surface area contributed by atoms with E-state index < -0.39 is 18.2 Å². The number of ether oxygens (including phenoxy) is 1.